The lowest BCUT2D eigenvalue weighted by Crippen LogP contribution is -2.30. The van der Waals surface area contributed by atoms with Crippen LogP contribution in [0, 0.1) is 5.92 Å². The first-order chi connectivity index (χ1) is 12.5. The van der Waals surface area contributed by atoms with Crippen molar-refractivity contribution in [1.29, 1.82) is 0 Å². The molecule has 3 N–H and O–H groups in total. The highest BCUT2D eigenvalue weighted by Gasteiger charge is 2.25. The molecule has 1 aromatic carbocycles. The van der Waals surface area contributed by atoms with Crippen LogP contribution in [-0.2, 0) is 0 Å². The fraction of sp³-hybridized carbons (Fsp3) is 0.389. The van der Waals surface area contributed by atoms with Crippen LogP contribution >= 0.6 is 15.9 Å². The SMILES string of the molecule is O=C(O)NC[C@H]1CC[C@H](c2nc3c(oc4ccc(Br)cc43)c(=O)[nH]2)CC1. The van der Waals surface area contributed by atoms with E-state index in [1.165, 1.54) is 0 Å². The number of nitrogens with one attached hydrogen (secondary N) is 2. The Kier molecular flexibility index (Phi) is 4.44. The number of aromatic nitrogens is 2. The Bertz CT molecular complexity index is 1030. The maximum atomic E-state index is 12.5. The lowest BCUT2D eigenvalue weighted by atomic mass is 9.81. The van der Waals surface area contributed by atoms with Gasteiger partial charge in [0, 0.05) is 22.3 Å². The quantitative estimate of drug-likeness (QED) is 0.594. The summed E-state index contributed by atoms with van der Waals surface area (Å²) in [6.45, 7) is 0.478. The van der Waals surface area contributed by atoms with Crippen molar-refractivity contribution in [3.8, 4) is 0 Å². The van der Waals surface area contributed by atoms with Gasteiger partial charge in [0.05, 0.1) is 0 Å². The van der Waals surface area contributed by atoms with Crippen molar-refractivity contribution in [2.24, 2.45) is 5.92 Å². The number of carboxylic acid groups (broad SMARTS) is 1. The molecule has 4 rings (SSSR count). The van der Waals surface area contributed by atoms with Gasteiger partial charge in [0.2, 0.25) is 5.58 Å². The average Bonchev–Trinajstić information content (AvgIpc) is 2.99. The molecule has 3 aromatic rings. The van der Waals surface area contributed by atoms with Gasteiger partial charge in [-0.2, -0.15) is 0 Å². The molecule has 1 amide bonds. The average molecular weight is 420 g/mol. The molecule has 0 atom stereocenters. The highest BCUT2D eigenvalue weighted by molar-refractivity contribution is 9.10. The van der Waals surface area contributed by atoms with Gasteiger partial charge in [0.1, 0.15) is 16.9 Å². The predicted molar refractivity (Wildman–Crippen MR) is 101 cm³/mol. The molecule has 0 saturated heterocycles. The Balaban J connectivity index is 1.61. The standard InChI is InChI=1S/C18H18BrN3O4/c19-11-5-6-13-12(7-11)14-15(26-13)17(23)22-16(21-14)10-3-1-9(2-4-10)8-20-18(24)25/h5-7,9-10,20H,1-4,8H2,(H,24,25)(H,21,22,23)/t9-,10-. The number of rotatable bonds is 3. The van der Waals surface area contributed by atoms with Crippen LogP contribution in [-0.4, -0.2) is 27.7 Å². The first kappa shape index (κ1) is 17.1. The molecule has 26 heavy (non-hydrogen) atoms. The van der Waals surface area contributed by atoms with Crippen molar-refractivity contribution in [2.75, 3.05) is 6.54 Å². The highest BCUT2D eigenvalue weighted by Crippen LogP contribution is 2.35. The van der Waals surface area contributed by atoms with E-state index in [9.17, 15) is 9.59 Å². The summed E-state index contributed by atoms with van der Waals surface area (Å²) >= 11 is 3.44. The maximum Gasteiger partial charge on any atom is 0.404 e. The largest absolute Gasteiger partial charge is 0.465 e. The zero-order valence-corrected chi connectivity index (χ0v) is 15.5. The lowest BCUT2D eigenvalue weighted by molar-refractivity contribution is 0.189. The minimum absolute atomic E-state index is 0.172. The molecule has 2 aromatic heterocycles. The van der Waals surface area contributed by atoms with E-state index in [1.54, 1.807) is 0 Å². The first-order valence-corrected chi connectivity index (χ1v) is 9.39. The van der Waals surface area contributed by atoms with Crippen LogP contribution in [0.2, 0.25) is 0 Å². The minimum atomic E-state index is -0.985. The molecule has 7 nitrogen and oxygen atoms in total. The van der Waals surface area contributed by atoms with Crippen LogP contribution in [0.1, 0.15) is 37.4 Å². The zero-order valence-electron chi connectivity index (χ0n) is 13.9. The molecule has 0 spiro atoms. The second kappa shape index (κ2) is 6.75. The Morgan fingerprint density at radius 3 is 2.85 bits per heavy atom. The van der Waals surface area contributed by atoms with Crippen molar-refractivity contribution in [2.45, 2.75) is 31.6 Å². The van der Waals surface area contributed by atoms with Crippen LogP contribution in [0.15, 0.2) is 31.9 Å². The normalized spacial score (nSPS) is 20.5. The minimum Gasteiger partial charge on any atom is -0.465 e. The molecule has 0 radical (unpaired) electrons. The van der Waals surface area contributed by atoms with E-state index in [4.69, 9.17) is 14.5 Å². The third-order valence-corrected chi connectivity index (χ3v) is 5.57. The smallest absolute Gasteiger partial charge is 0.404 e. The summed E-state index contributed by atoms with van der Waals surface area (Å²) in [7, 11) is 0. The number of hydrogen-bond donors (Lipinski definition) is 3. The summed E-state index contributed by atoms with van der Waals surface area (Å²) in [6, 6.07) is 5.60. The topological polar surface area (TPSA) is 108 Å². The van der Waals surface area contributed by atoms with Gasteiger partial charge < -0.3 is 19.8 Å². The molecule has 8 heteroatoms. The molecule has 2 heterocycles. The second-order valence-corrected chi connectivity index (χ2v) is 7.69. The van der Waals surface area contributed by atoms with Crippen molar-refractivity contribution in [3.05, 3.63) is 38.9 Å². The summed E-state index contributed by atoms with van der Waals surface area (Å²) in [5.41, 5.74) is 1.23. The number of furan rings is 1. The molecule has 0 aliphatic heterocycles. The lowest BCUT2D eigenvalue weighted by Gasteiger charge is -2.27. The summed E-state index contributed by atoms with van der Waals surface area (Å²) in [4.78, 5) is 30.7. The van der Waals surface area contributed by atoms with Gasteiger partial charge in [0.25, 0.3) is 5.56 Å². The molecular formula is C18H18BrN3O4. The number of hydrogen-bond acceptors (Lipinski definition) is 4. The highest BCUT2D eigenvalue weighted by atomic mass is 79.9. The summed E-state index contributed by atoms with van der Waals surface area (Å²) in [5.74, 6) is 1.20. The van der Waals surface area contributed by atoms with Crippen LogP contribution in [0.3, 0.4) is 0 Å². The van der Waals surface area contributed by atoms with E-state index in [2.05, 4.69) is 26.2 Å². The van der Waals surface area contributed by atoms with Gasteiger partial charge in [-0.25, -0.2) is 9.78 Å². The number of halogens is 1. The number of fused-ring (bicyclic) bond motifs is 3. The van der Waals surface area contributed by atoms with E-state index in [0.29, 0.717) is 29.4 Å². The number of carbonyl (C=O) groups is 1. The summed E-state index contributed by atoms with van der Waals surface area (Å²) in [5, 5.41) is 12.0. The molecule has 1 aliphatic carbocycles. The molecule has 136 valence electrons. The van der Waals surface area contributed by atoms with Gasteiger partial charge in [-0.1, -0.05) is 15.9 Å². The Morgan fingerprint density at radius 2 is 2.12 bits per heavy atom. The third kappa shape index (κ3) is 3.21. The van der Waals surface area contributed by atoms with Crippen molar-refractivity contribution in [1.82, 2.24) is 15.3 Å². The number of aromatic amines is 1. The van der Waals surface area contributed by atoms with Crippen LogP contribution in [0.4, 0.5) is 4.79 Å². The van der Waals surface area contributed by atoms with E-state index >= 15 is 0 Å². The summed E-state index contributed by atoms with van der Waals surface area (Å²) in [6.07, 6.45) is 2.58. The zero-order chi connectivity index (χ0) is 18.3. The molecule has 1 aliphatic rings. The number of amides is 1. The number of nitrogens with zero attached hydrogens (tertiary/aromatic N) is 1. The van der Waals surface area contributed by atoms with Crippen LogP contribution in [0.5, 0.6) is 0 Å². The van der Waals surface area contributed by atoms with Gasteiger partial charge in [-0.05, 0) is 49.8 Å². The Hall–Kier alpha value is -2.35. The van der Waals surface area contributed by atoms with Gasteiger partial charge >= 0.3 is 6.09 Å². The predicted octanol–water partition coefficient (Wildman–Crippen LogP) is 3.97. The van der Waals surface area contributed by atoms with E-state index in [0.717, 1.165) is 35.5 Å². The fourth-order valence-corrected chi connectivity index (χ4v) is 4.07. The van der Waals surface area contributed by atoms with E-state index in [1.807, 2.05) is 18.2 Å². The third-order valence-electron chi connectivity index (χ3n) is 5.08. The monoisotopic (exact) mass is 419 g/mol. The summed E-state index contributed by atoms with van der Waals surface area (Å²) < 4.78 is 6.57. The van der Waals surface area contributed by atoms with Crippen molar-refractivity contribution >= 4 is 44.1 Å². The molecule has 0 unspecified atom stereocenters. The van der Waals surface area contributed by atoms with E-state index in [-0.39, 0.29) is 17.1 Å². The molecule has 1 fully saturated rings. The van der Waals surface area contributed by atoms with E-state index < -0.39 is 6.09 Å². The van der Waals surface area contributed by atoms with Gasteiger partial charge in [-0.15, -0.1) is 0 Å². The van der Waals surface area contributed by atoms with Crippen LogP contribution < -0.4 is 10.9 Å². The maximum absolute atomic E-state index is 12.5. The number of benzene rings is 1. The van der Waals surface area contributed by atoms with Gasteiger partial charge in [-0.3, -0.25) is 4.79 Å². The second-order valence-electron chi connectivity index (χ2n) is 6.78. The first-order valence-electron chi connectivity index (χ1n) is 8.60. The fourth-order valence-electron chi connectivity index (χ4n) is 3.71. The molecule has 0 bridgehead atoms. The number of H-pyrrole nitrogens is 1. The van der Waals surface area contributed by atoms with Crippen molar-refractivity contribution in [3.63, 3.8) is 0 Å². The van der Waals surface area contributed by atoms with Crippen molar-refractivity contribution < 1.29 is 14.3 Å². The Labute approximate surface area is 156 Å². The van der Waals surface area contributed by atoms with Gasteiger partial charge in [0.15, 0.2) is 0 Å². The molecular weight excluding hydrogens is 402 g/mol. The Morgan fingerprint density at radius 1 is 1.35 bits per heavy atom. The van der Waals surface area contributed by atoms with Crippen LogP contribution in [0.25, 0.3) is 22.1 Å². The molecule has 1 saturated carbocycles.